The van der Waals surface area contributed by atoms with Crippen LogP contribution in [0.15, 0.2) is 30.3 Å². The third-order valence-electron chi connectivity index (χ3n) is 3.34. The van der Waals surface area contributed by atoms with Crippen molar-refractivity contribution >= 4 is 11.8 Å². The zero-order valence-corrected chi connectivity index (χ0v) is 14.4. The van der Waals surface area contributed by atoms with Crippen LogP contribution >= 0.6 is 0 Å². The van der Waals surface area contributed by atoms with Crippen LogP contribution in [0.25, 0.3) is 0 Å². The fourth-order valence-corrected chi connectivity index (χ4v) is 2.13. The Hall–Kier alpha value is -3.29. The lowest BCUT2D eigenvalue weighted by Crippen LogP contribution is -2.42. The lowest BCUT2D eigenvalue weighted by molar-refractivity contribution is 0.0843. The van der Waals surface area contributed by atoms with Crippen molar-refractivity contribution in [1.29, 1.82) is 0 Å². The first-order chi connectivity index (χ1) is 12.0. The molecule has 2 amide bonds. The van der Waals surface area contributed by atoms with Gasteiger partial charge in [0, 0.05) is 11.3 Å². The highest BCUT2D eigenvalue weighted by Gasteiger charge is 2.17. The van der Waals surface area contributed by atoms with Gasteiger partial charge >= 0.3 is 0 Å². The zero-order valence-electron chi connectivity index (χ0n) is 14.4. The van der Waals surface area contributed by atoms with Crippen molar-refractivity contribution in [3.8, 4) is 17.2 Å². The summed E-state index contributed by atoms with van der Waals surface area (Å²) in [5, 5.41) is 0. The molecular weight excluding hydrogens is 326 g/mol. The first-order valence-electron chi connectivity index (χ1n) is 7.34. The lowest BCUT2D eigenvalue weighted by Gasteiger charge is -2.14. The summed E-state index contributed by atoms with van der Waals surface area (Å²) in [5.74, 6) is -0.0309. The summed E-state index contributed by atoms with van der Waals surface area (Å²) >= 11 is 0. The molecule has 2 aromatic rings. The molecule has 8 heteroatoms. The molecule has 0 atom stereocenters. The summed E-state index contributed by atoms with van der Waals surface area (Å²) in [6.45, 7) is 1.77. The van der Waals surface area contributed by atoms with Crippen LogP contribution in [-0.4, -0.2) is 38.1 Å². The summed E-state index contributed by atoms with van der Waals surface area (Å²) in [5.41, 5.74) is 5.77. The Morgan fingerprint density at radius 3 is 2.04 bits per heavy atom. The molecule has 8 nitrogen and oxygen atoms in total. The summed E-state index contributed by atoms with van der Waals surface area (Å²) in [6, 6.07) is 7.99. The van der Waals surface area contributed by atoms with E-state index < -0.39 is 11.8 Å². The largest absolute Gasteiger partial charge is 0.493 e. The molecule has 1 aromatic heterocycles. The number of rotatable bonds is 5. The van der Waals surface area contributed by atoms with Crippen molar-refractivity contribution in [1.82, 2.24) is 15.8 Å². The smallest absolute Gasteiger partial charge is 0.288 e. The monoisotopic (exact) mass is 345 g/mol. The van der Waals surface area contributed by atoms with Crippen molar-refractivity contribution < 1.29 is 23.8 Å². The van der Waals surface area contributed by atoms with Gasteiger partial charge in [-0.1, -0.05) is 6.07 Å². The van der Waals surface area contributed by atoms with Gasteiger partial charge in [-0.05, 0) is 31.2 Å². The van der Waals surface area contributed by atoms with Crippen LogP contribution in [0.5, 0.6) is 17.2 Å². The number of amides is 2. The number of benzene rings is 1. The molecule has 0 unspecified atom stereocenters. The second-order valence-electron chi connectivity index (χ2n) is 4.99. The molecule has 0 saturated carbocycles. The molecule has 132 valence electrons. The van der Waals surface area contributed by atoms with Gasteiger partial charge < -0.3 is 14.2 Å². The Labute approximate surface area is 145 Å². The van der Waals surface area contributed by atoms with Crippen LogP contribution in [0.2, 0.25) is 0 Å². The molecule has 0 bridgehead atoms. The van der Waals surface area contributed by atoms with E-state index in [1.807, 2.05) is 0 Å². The second kappa shape index (κ2) is 8.00. The second-order valence-corrected chi connectivity index (χ2v) is 4.99. The average Bonchev–Trinajstić information content (AvgIpc) is 2.64. The highest BCUT2D eigenvalue weighted by molar-refractivity contribution is 5.99. The third kappa shape index (κ3) is 4.17. The molecule has 1 heterocycles. The van der Waals surface area contributed by atoms with Gasteiger partial charge in [0.05, 0.1) is 21.3 Å². The minimum absolute atomic E-state index is 0.199. The molecule has 25 heavy (non-hydrogen) atoms. The number of aromatic nitrogens is 1. The van der Waals surface area contributed by atoms with Crippen LogP contribution in [-0.2, 0) is 0 Å². The van der Waals surface area contributed by atoms with Gasteiger partial charge in [0.25, 0.3) is 11.8 Å². The SMILES string of the molecule is COc1cc(C(=O)NNC(=O)c2cccc(C)n2)cc(OC)c1OC. The average molecular weight is 345 g/mol. The molecule has 0 radical (unpaired) electrons. The number of nitrogens with one attached hydrogen (secondary N) is 2. The first kappa shape index (κ1) is 18.1. The predicted octanol–water partition coefficient (Wildman–Crippen LogP) is 1.49. The Morgan fingerprint density at radius 1 is 0.920 bits per heavy atom. The summed E-state index contributed by atoms with van der Waals surface area (Å²) in [7, 11) is 4.36. The van der Waals surface area contributed by atoms with Gasteiger partial charge in [-0.3, -0.25) is 20.4 Å². The maximum absolute atomic E-state index is 12.3. The quantitative estimate of drug-likeness (QED) is 0.797. The van der Waals surface area contributed by atoms with E-state index in [1.165, 1.54) is 33.5 Å². The normalized spacial score (nSPS) is 9.92. The molecule has 2 rings (SSSR count). The lowest BCUT2D eigenvalue weighted by atomic mass is 10.1. The van der Waals surface area contributed by atoms with E-state index in [0.717, 1.165) is 0 Å². The van der Waals surface area contributed by atoms with E-state index in [4.69, 9.17) is 14.2 Å². The van der Waals surface area contributed by atoms with Gasteiger partial charge in [0.2, 0.25) is 5.75 Å². The Morgan fingerprint density at radius 2 is 1.52 bits per heavy atom. The Bertz CT molecular complexity index is 767. The molecule has 0 aliphatic carbocycles. The number of hydrogen-bond acceptors (Lipinski definition) is 6. The van der Waals surface area contributed by atoms with Gasteiger partial charge in [-0.15, -0.1) is 0 Å². The van der Waals surface area contributed by atoms with Crippen LogP contribution in [0, 0.1) is 6.92 Å². The van der Waals surface area contributed by atoms with Gasteiger partial charge in [-0.25, -0.2) is 4.98 Å². The van der Waals surface area contributed by atoms with Crippen molar-refractivity contribution in [3.63, 3.8) is 0 Å². The molecule has 0 saturated heterocycles. The maximum Gasteiger partial charge on any atom is 0.288 e. The highest BCUT2D eigenvalue weighted by atomic mass is 16.5. The molecule has 0 aliphatic heterocycles. The number of ether oxygens (including phenoxy) is 3. The zero-order chi connectivity index (χ0) is 18.4. The maximum atomic E-state index is 12.3. The number of pyridine rings is 1. The van der Waals surface area contributed by atoms with Crippen LogP contribution in [0.1, 0.15) is 26.5 Å². The standard InChI is InChI=1S/C17H19N3O5/c1-10-6-5-7-12(18-10)17(22)20-19-16(21)11-8-13(23-2)15(25-4)14(9-11)24-3/h5-9H,1-4H3,(H,19,21)(H,20,22). The third-order valence-corrected chi connectivity index (χ3v) is 3.34. The Kier molecular flexibility index (Phi) is 5.78. The van der Waals surface area contributed by atoms with Crippen molar-refractivity contribution in [2.75, 3.05) is 21.3 Å². The molecular formula is C17H19N3O5. The minimum Gasteiger partial charge on any atom is -0.493 e. The number of hydrazine groups is 1. The van der Waals surface area contributed by atoms with Crippen molar-refractivity contribution in [2.45, 2.75) is 6.92 Å². The van der Waals surface area contributed by atoms with E-state index >= 15 is 0 Å². The molecule has 0 aliphatic rings. The minimum atomic E-state index is -0.541. The number of aryl methyl sites for hydroxylation is 1. The molecule has 0 fully saturated rings. The van der Waals surface area contributed by atoms with E-state index in [0.29, 0.717) is 22.9 Å². The number of methoxy groups -OCH3 is 3. The van der Waals surface area contributed by atoms with Crippen LogP contribution in [0.4, 0.5) is 0 Å². The van der Waals surface area contributed by atoms with Gasteiger partial charge in [0.15, 0.2) is 11.5 Å². The van der Waals surface area contributed by atoms with Crippen molar-refractivity contribution in [3.05, 3.63) is 47.3 Å². The fraction of sp³-hybridized carbons (Fsp3) is 0.235. The van der Waals surface area contributed by atoms with E-state index in [-0.39, 0.29) is 11.3 Å². The summed E-state index contributed by atoms with van der Waals surface area (Å²) in [4.78, 5) is 28.4. The first-order valence-corrected chi connectivity index (χ1v) is 7.34. The molecule has 2 N–H and O–H groups in total. The Balaban J connectivity index is 2.14. The summed E-state index contributed by atoms with van der Waals surface area (Å²) in [6.07, 6.45) is 0. The number of carbonyl (C=O) groups is 2. The van der Waals surface area contributed by atoms with Gasteiger partial charge in [0.1, 0.15) is 5.69 Å². The molecule has 1 aromatic carbocycles. The van der Waals surface area contributed by atoms with Crippen LogP contribution in [0.3, 0.4) is 0 Å². The van der Waals surface area contributed by atoms with E-state index in [1.54, 1.807) is 25.1 Å². The van der Waals surface area contributed by atoms with Gasteiger partial charge in [-0.2, -0.15) is 0 Å². The summed E-state index contributed by atoms with van der Waals surface area (Å²) < 4.78 is 15.6. The number of hydrogen-bond donors (Lipinski definition) is 2. The van der Waals surface area contributed by atoms with E-state index in [2.05, 4.69) is 15.8 Å². The predicted molar refractivity (Wildman–Crippen MR) is 90.0 cm³/mol. The van der Waals surface area contributed by atoms with Crippen LogP contribution < -0.4 is 25.1 Å². The number of carbonyl (C=O) groups excluding carboxylic acids is 2. The number of nitrogens with zero attached hydrogens (tertiary/aromatic N) is 1. The van der Waals surface area contributed by atoms with E-state index in [9.17, 15) is 9.59 Å². The van der Waals surface area contributed by atoms with Crippen molar-refractivity contribution in [2.24, 2.45) is 0 Å². The fourth-order valence-electron chi connectivity index (χ4n) is 2.13. The highest BCUT2D eigenvalue weighted by Crippen LogP contribution is 2.38. The topological polar surface area (TPSA) is 98.8 Å². The molecule has 0 spiro atoms.